The zero-order valence-corrected chi connectivity index (χ0v) is 18.2. The monoisotopic (exact) mass is 441 g/mol. The lowest BCUT2D eigenvalue weighted by Crippen LogP contribution is -2.46. The second-order valence-corrected chi connectivity index (χ2v) is 7.72. The van der Waals surface area contributed by atoms with Crippen molar-refractivity contribution >= 4 is 35.2 Å². The van der Waals surface area contributed by atoms with Gasteiger partial charge in [0.05, 0.1) is 11.1 Å². The van der Waals surface area contributed by atoms with Crippen molar-refractivity contribution in [2.24, 2.45) is 0 Å². The van der Waals surface area contributed by atoms with Crippen LogP contribution in [0.3, 0.4) is 0 Å². The molecule has 0 radical (unpaired) electrons. The molecule has 0 spiro atoms. The van der Waals surface area contributed by atoms with E-state index in [0.29, 0.717) is 22.6 Å². The van der Waals surface area contributed by atoms with E-state index in [4.69, 9.17) is 11.6 Å². The number of nitrogens with one attached hydrogen (secondary N) is 1. The molecule has 0 fully saturated rings. The predicted octanol–water partition coefficient (Wildman–Crippen LogP) is 2.88. The van der Waals surface area contributed by atoms with Gasteiger partial charge in [-0.05, 0) is 37.1 Å². The van der Waals surface area contributed by atoms with Crippen molar-refractivity contribution in [3.63, 3.8) is 0 Å². The normalized spacial score (nSPS) is 13.7. The Hall–Kier alpha value is -3.19. The van der Waals surface area contributed by atoms with Gasteiger partial charge in [-0.15, -0.1) is 0 Å². The van der Waals surface area contributed by atoms with E-state index >= 15 is 0 Å². The predicted molar refractivity (Wildman–Crippen MR) is 117 cm³/mol. The van der Waals surface area contributed by atoms with Gasteiger partial charge in [0.15, 0.2) is 0 Å². The molecule has 162 valence electrons. The first-order valence-electron chi connectivity index (χ1n) is 10.0. The summed E-state index contributed by atoms with van der Waals surface area (Å²) in [7, 11) is 1.51. The smallest absolute Gasteiger partial charge is 0.261 e. The van der Waals surface area contributed by atoms with Crippen LogP contribution in [0.1, 0.15) is 46.0 Å². The molecule has 1 aliphatic rings. The number of likely N-dealkylation sites (N-methyl/N-ethyl adjacent to an activating group) is 1. The molecule has 0 aromatic heterocycles. The van der Waals surface area contributed by atoms with Gasteiger partial charge in [0.2, 0.25) is 11.8 Å². The number of carbonyl (C=O) groups is 4. The number of nitrogens with zero attached hydrogens (tertiary/aromatic N) is 2. The maximum Gasteiger partial charge on any atom is 0.261 e. The summed E-state index contributed by atoms with van der Waals surface area (Å²) in [5.41, 5.74) is 1.49. The van der Waals surface area contributed by atoms with Crippen LogP contribution in [0.4, 0.5) is 0 Å². The summed E-state index contributed by atoms with van der Waals surface area (Å²) < 4.78 is 0. The Kier molecular flexibility index (Phi) is 7.07. The molecule has 0 bridgehead atoms. The Morgan fingerprint density at radius 2 is 1.61 bits per heavy atom. The van der Waals surface area contributed by atoms with Crippen LogP contribution in [0.2, 0.25) is 5.02 Å². The maximum atomic E-state index is 13.0. The van der Waals surface area contributed by atoms with Gasteiger partial charge in [0, 0.05) is 31.6 Å². The quantitative estimate of drug-likeness (QED) is 0.638. The van der Waals surface area contributed by atoms with Crippen LogP contribution >= 0.6 is 11.6 Å². The summed E-state index contributed by atoms with van der Waals surface area (Å²) in [4.78, 5) is 52.8. The van der Waals surface area contributed by atoms with Crippen LogP contribution in [-0.2, 0) is 16.1 Å². The molecule has 1 N–H and O–H groups in total. The number of rotatable bonds is 8. The molecule has 2 aromatic rings. The molecule has 1 heterocycles. The fourth-order valence-corrected chi connectivity index (χ4v) is 3.77. The minimum atomic E-state index is -0.701. The summed E-state index contributed by atoms with van der Waals surface area (Å²) in [6, 6.07) is 13.1. The van der Waals surface area contributed by atoms with Crippen molar-refractivity contribution in [1.82, 2.24) is 15.1 Å². The summed E-state index contributed by atoms with van der Waals surface area (Å²) in [6.45, 7) is 1.96. The zero-order chi connectivity index (χ0) is 22.5. The van der Waals surface area contributed by atoms with E-state index in [1.807, 2.05) is 6.07 Å². The van der Waals surface area contributed by atoms with E-state index in [2.05, 4.69) is 5.32 Å². The van der Waals surface area contributed by atoms with E-state index in [-0.39, 0.29) is 43.1 Å². The molecular formula is C23H24ClN3O4. The molecular weight excluding hydrogens is 418 g/mol. The first kappa shape index (κ1) is 22.5. The minimum Gasteiger partial charge on any atom is -0.357 e. The van der Waals surface area contributed by atoms with Crippen molar-refractivity contribution < 1.29 is 19.2 Å². The molecule has 0 saturated carbocycles. The minimum absolute atomic E-state index is 0.0825. The van der Waals surface area contributed by atoms with Crippen molar-refractivity contribution in [3.05, 3.63) is 70.2 Å². The van der Waals surface area contributed by atoms with E-state index < -0.39 is 6.04 Å². The highest BCUT2D eigenvalue weighted by molar-refractivity contribution is 6.31. The second kappa shape index (κ2) is 9.75. The molecule has 0 unspecified atom stereocenters. The molecule has 0 saturated heterocycles. The first-order chi connectivity index (χ1) is 14.8. The molecule has 1 atom stereocenters. The third kappa shape index (κ3) is 4.77. The van der Waals surface area contributed by atoms with Crippen molar-refractivity contribution in [2.45, 2.75) is 32.4 Å². The number of fused-ring (bicyclic) bond motifs is 1. The van der Waals surface area contributed by atoms with Gasteiger partial charge in [0.1, 0.15) is 6.04 Å². The summed E-state index contributed by atoms with van der Waals surface area (Å²) in [5.74, 6) is -1.24. The molecule has 4 amide bonds. The maximum absolute atomic E-state index is 13.0. The first-order valence-corrected chi connectivity index (χ1v) is 10.4. The summed E-state index contributed by atoms with van der Waals surface area (Å²) in [6.07, 6.45) is 0.378. The molecule has 3 rings (SSSR count). The SMILES string of the molecule is CNC(=O)[C@H](C)N(Cc1ccccc1Cl)C(=O)CCCN1C(=O)c2ccccc2C1=O. The van der Waals surface area contributed by atoms with Crippen LogP contribution in [0.15, 0.2) is 48.5 Å². The second-order valence-electron chi connectivity index (χ2n) is 7.31. The number of benzene rings is 2. The van der Waals surface area contributed by atoms with Crippen LogP contribution < -0.4 is 5.32 Å². The topological polar surface area (TPSA) is 86.8 Å². The van der Waals surface area contributed by atoms with Gasteiger partial charge in [0.25, 0.3) is 11.8 Å². The van der Waals surface area contributed by atoms with Crippen molar-refractivity contribution in [2.75, 3.05) is 13.6 Å². The van der Waals surface area contributed by atoms with E-state index in [1.165, 1.54) is 16.8 Å². The van der Waals surface area contributed by atoms with Gasteiger partial charge >= 0.3 is 0 Å². The average molecular weight is 442 g/mol. The van der Waals surface area contributed by atoms with E-state index in [1.54, 1.807) is 49.4 Å². The number of hydrogen-bond donors (Lipinski definition) is 1. The number of hydrogen-bond acceptors (Lipinski definition) is 4. The fourth-order valence-electron chi connectivity index (χ4n) is 3.58. The Bertz CT molecular complexity index is 988. The largest absolute Gasteiger partial charge is 0.357 e. The van der Waals surface area contributed by atoms with Gasteiger partial charge in [-0.3, -0.25) is 24.1 Å². The Morgan fingerprint density at radius 1 is 1.03 bits per heavy atom. The van der Waals surface area contributed by atoms with Crippen LogP contribution in [0.5, 0.6) is 0 Å². The van der Waals surface area contributed by atoms with E-state index in [9.17, 15) is 19.2 Å². The standard InChI is InChI=1S/C23H24ClN3O4/c1-15(21(29)25-2)27(14-16-8-3-6-11-19(16)24)20(28)12-7-13-26-22(30)17-9-4-5-10-18(17)23(26)31/h3-6,8-11,15H,7,12-14H2,1-2H3,(H,25,29)/t15-/m0/s1. The Morgan fingerprint density at radius 3 is 2.19 bits per heavy atom. The van der Waals surface area contributed by atoms with Crippen molar-refractivity contribution in [1.29, 1.82) is 0 Å². The summed E-state index contributed by atoms with van der Waals surface area (Å²) in [5, 5.41) is 3.07. The Balaban J connectivity index is 1.67. The molecule has 31 heavy (non-hydrogen) atoms. The molecule has 0 aliphatic carbocycles. The van der Waals surface area contributed by atoms with Crippen LogP contribution in [-0.4, -0.2) is 53.1 Å². The number of amides is 4. The lowest BCUT2D eigenvalue weighted by Gasteiger charge is -2.29. The fraction of sp³-hybridized carbons (Fsp3) is 0.304. The highest BCUT2D eigenvalue weighted by Crippen LogP contribution is 2.23. The third-order valence-corrected chi connectivity index (χ3v) is 5.73. The summed E-state index contributed by atoms with van der Waals surface area (Å²) >= 11 is 6.24. The van der Waals surface area contributed by atoms with Crippen LogP contribution in [0, 0.1) is 0 Å². The number of carbonyl (C=O) groups excluding carboxylic acids is 4. The number of imide groups is 1. The van der Waals surface area contributed by atoms with Gasteiger partial charge < -0.3 is 10.2 Å². The number of halogens is 1. The zero-order valence-electron chi connectivity index (χ0n) is 17.4. The van der Waals surface area contributed by atoms with E-state index in [0.717, 1.165) is 5.56 Å². The lowest BCUT2D eigenvalue weighted by atomic mass is 10.1. The molecule has 7 nitrogen and oxygen atoms in total. The highest BCUT2D eigenvalue weighted by Gasteiger charge is 2.35. The third-order valence-electron chi connectivity index (χ3n) is 5.36. The Labute approximate surface area is 186 Å². The van der Waals surface area contributed by atoms with Gasteiger partial charge in [-0.1, -0.05) is 41.9 Å². The molecule has 8 heteroatoms. The lowest BCUT2D eigenvalue weighted by molar-refractivity contribution is -0.140. The molecule has 2 aromatic carbocycles. The average Bonchev–Trinajstić information content (AvgIpc) is 3.02. The van der Waals surface area contributed by atoms with Gasteiger partial charge in [-0.25, -0.2) is 0 Å². The van der Waals surface area contributed by atoms with Crippen LogP contribution in [0.25, 0.3) is 0 Å². The van der Waals surface area contributed by atoms with Gasteiger partial charge in [-0.2, -0.15) is 0 Å². The highest BCUT2D eigenvalue weighted by atomic mass is 35.5. The molecule has 1 aliphatic heterocycles. The van der Waals surface area contributed by atoms with Crippen molar-refractivity contribution in [3.8, 4) is 0 Å².